The third kappa shape index (κ3) is 4.17. The van der Waals surface area contributed by atoms with Crippen LogP contribution in [0.4, 0.5) is 5.69 Å². The predicted octanol–water partition coefficient (Wildman–Crippen LogP) is 3.56. The zero-order valence-electron chi connectivity index (χ0n) is 16.5. The number of fused-ring (bicyclic) bond motifs is 1. The van der Waals surface area contributed by atoms with E-state index in [-0.39, 0.29) is 24.5 Å². The Morgan fingerprint density at radius 1 is 1.14 bits per heavy atom. The minimum Gasteiger partial charge on any atom is -0.493 e. The van der Waals surface area contributed by atoms with Crippen LogP contribution in [0.15, 0.2) is 42.0 Å². The van der Waals surface area contributed by atoms with Crippen molar-refractivity contribution < 1.29 is 19.1 Å². The molecule has 0 fully saturated rings. The molecular formula is C22H24N2O4. The third-order valence-electron chi connectivity index (χ3n) is 4.38. The number of anilines is 1. The molecule has 3 rings (SSSR count). The lowest BCUT2D eigenvalue weighted by molar-refractivity contribution is -0.113. The number of benzene rings is 2. The molecule has 0 aromatic heterocycles. The van der Waals surface area contributed by atoms with E-state index in [0.29, 0.717) is 28.3 Å². The van der Waals surface area contributed by atoms with Crippen LogP contribution in [0, 0.1) is 6.92 Å². The summed E-state index contributed by atoms with van der Waals surface area (Å²) in [7, 11) is 1.58. The minimum absolute atomic E-state index is 0.0340. The molecule has 1 aliphatic heterocycles. The highest BCUT2D eigenvalue weighted by molar-refractivity contribution is 6.08. The van der Waals surface area contributed by atoms with Gasteiger partial charge in [-0.25, -0.2) is 0 Å². The van der Waals surface area contributed by atoms with Gasteiger partial charge >= 0.3 is 0 Å². The lowest BCUT2D eigenvalue weighted by Crippen LogP contribution is -2.30. The van der Waals surface area contributed by atoms with E-state index in [9.17, 15) is 9.59 Å². The number of methoxy groups -OCH3 is 1. The number of carbonyl (C=O) groups excluding carboxylic acids is 2. The molecule has 0 radical (unpaired) electrons. The molecule has 6 nitrogen and oxygen atoms in total. The van der Waals surface area contributed by atoms with Crippen molar-refractivity contribution in [3.8, 4) is 11.5 Å². The van der Waals surface area contributed by atoms with Crippen molar-refractivity contribution in [2.45, 2.75) is 26.8 Å². The van der Waals surface area contributed by atoms with Crippen molar-refractivity contribution in [1.82, 2.24) is 5.32 Å². The highest BCUT2D eigenvalue weighted by atomic mass is 16.5. The van der Waals surface area contributed by atoms with Crippen molar-refractivity contribution >= 4 is 23.6 Å². The summed E-state index contributed by atoms with van der Waals surface area (Å²) in [6.45, 7) is 5.82. The lowest BCUT2D eigenvalue weighted by Gasteiger charge is -2.20. The van der Waals surface area contributed by atoms with Gasteiger partial charge in [-0.1, -0.05) is 18.2 Å². The van der Waals surface area contributed by atoms with Gasteiger partial charge < -0.3 is 20.1 Å². The summed E-state index contributed by atoms with van der Waals surface area (Å²) in [5.41, 5.74) is 3.22. The topological polar surface area (TPSA) is 76.7 Å². The summed E-state index contributed by atoms with van der Waals surface area (Å²) in [6.07, 6.45) is 1.79. The van der Waals surface area contributed by atoms with Gasteiger partial charge in [-0.3, -0.25) is 9.59 Å². The van der Waals surface area contributed by atoms with E-state index in [1.807, 2.05) is 45.0 Å². The average molecular weight is 380 g/mol. The van der Waals surface area contributed by atoms with Crippen LogP contribution in [0.2, 0.25) is 0 Å². The van der Waals surface area contributed by atoms with Gasteiger partial charge in [-0.05, 0) is 50.6 Å². The van der Waals surface area contributed by atoms with E-state index in [1.54, 1.807) is 25.3 Å². The van der Waals surface area contributed by atoms with Gasteiger partial charge in [0.15, 0.2) is 11.5 Å². The molecule has 146 valence electrons. The van der Waals surface area contributed by atoms with Crippen LogP contribution in [0.5, 0.6) is 11.5 Å². The van der Waals surface area contributed by atoms with E-state index >= 15 is 0 Å². The fourth-order valence-electron chi connectivity index (χ4n) is 2.97. The second-order valence-electron chi connectivity index (χ2n) is 6.95. The van der Waals surface area contributed by atoms with Gasteiger partial charge in [-0.2, -0.15) is 0 Å². The van der Waals surface area contributed by atoms with E-state index in [0.717, 1.165) is 11.1 Å². The highest BCUT2D eigenvalue weighted by Gasteiger charge is 2.20. The first kappa shape index (κ1) is 19.5. The number of hydrogen-bond acceptors (Lipinski definition) is 4. The first-order valence-corrected chi connectivity index (χ1v) is 9.12. The Balaban J connectivity index is 1.80. The Hall–Kier alpha value is -3.28. The van der Waals surface area contributed by atoms with Crippen LogP contribution >= 0.6 is 0 Å². The fourth-order valence-corrected chi connectivity index (χ4v) is 2.97. The maximum absolute atomic E-state index is 12.7. The maximum atomic E-state index is 12.7. The Labute approximate surface area is 164 Å². The predicted molar refractivity (Wildman–Crippen MR) is 109 cm³/mol. The quantitative estimate of drug-likeness (QED) is 0.832. The molecule has 2 aromatic carbocycles. The zero-order chi connectivity index (χ0) is 20.3. The van der Waals surface area contributed by atoms with Crippen molar-refractivity contribution in [2.24, 2.45) is 0 Å². The largest absolute Gasteiger partial charge is 0.493 e. The molecule has 1 heterocycles. The van der Waals surface area contributed by atoms with Gasteiger partial charge in [0.1, 0.15) is 6.61 Å². The summed E-state index contributed by atoms with van der Waals surface area (Å²) >= 11 is 0. The van der Waals surface area contributed by atoms with Gasteiger partial charge in [-0.15, -0.1) is 0 Å². The molecule has 0 bridgehead atoms. The molecule has 0 unspecified atom stereocenters. The minimum atomic E-state index is -0.271. The Morgan fingerprint density at radius 3 is 2.64 bits per heavy atom. The molecule has 0 spiro atoms. The second-order valence-corrected chi connectivity index (χ2v) is 6.95. The zero-order valence-corrected chi connectivity index (χ0v) is 16.5. The molecule has 0 atom stereocenters. The molecule has 0 aliphatic carbocycles. The van der Waals surface area contributed by atoms with Crippen molar-refractivity contribution in [1.29, 1.82) is 0 Å². The Morgan fingerprint density at radius 2 is 1.93 bits per heavy atom. The summed E-state index contributed by atoms with van der Waals surface area (Å²) in [6, 6.07) is 10.8. The van der Waals surface area contributed by atoms with Crippen molar-refractivity contribution in [2.75, 3.05) is 19.0 Å². The second kappa shape index (κ2) is 8.17. The van der Waals surface area contributed by atoms with Crippen LogP contribution < -0.4 is 20.1 Å². The molecule has 2 N–H and O–H groups in total. The first-order valence-electron chi connectivity index (χ1n) is 9.12. The van der Waals surface area contributed by atoms with Crippen LogP contribution in [0.25, 0.3) is 6.08 Å². The number of aryl methyl sites for hydroxylation is 1. The number of hydrogen-bond donors (Lipinski definition) is 2. The number of amides is 2. The van der Waals surface area contributed by atoms with Crippen LogP contribution in [0.1, 0.15) is 35.3 Å². The molecule has 6 heteroatoms. The number of nitrogens with one attached hydrogen (secondary N) is 2. The number of rotatable bonds is 5. The molecule has 2 amide bonds. The molecule has 0 saturated carbocycles. The number of carbonyl (C=O) groups is 2. The van der Waals surface area contributed by atoms with Gasteiger partial charge in [0, 0.05) is 22.9 Å². The van der Waals surface area contributed by atoms with E-state index in [2.05, 4.69) is 10.6 Å². The fraction of sp³-hybridized carbons (Fsp3) is 0.273. The van der Waals surface area contributed by atoms with Crippen LogP contribution in [0.3, 0.4) is 0 Å². The maximum Gasteiger partial charge on any atom is 0.255 e. The molecular weight excluding hydrogens is 356 g/mol. The van der Waals surface area contributed by atoms with Gasteiger partial charge in [0.2, 0.25) is 0 Å². The third-order valence-corrected chi connectivity index (χ3v) is 4.38. The lowest BCUT2D eigenvalue weighted by atomic mass is 10.0. The molecule has 0 saturated heterocycles. The summed E-state index contributed by atoms with van der Waals surface area (Å²) in [4.78, 5) is 25.0. The van der Waals surface area contributed by atoms with E-state index < -0.39 is 0 Å². The normalized spacial score (nSPS) is 12.5. The Bertz CT molecular complexity index is 948. The first-order chi connectivity index (χ1) is 13.4. The van der Waals surface area contributed by atoms with Gasteiger partial charge in [0.25, 0.3) is 11.8 Å². The molecule has 28 heavy (non-hydrogen) atoms. The Kier molecular flexibility index (Phi) is 5.68. The van der Waals surface area contributed by atoms with Crippen LogP contribution in [-0.2, 0) is 4.79 Å². The van der Waals surface area contributed by atoms with Crippen molar-refractivity contribution in [3.63, 3.8) is 0 Å². The number of para-hydroxylation sites is 1. The molecule has 1 aliphatic rings. The monoisotopic (exact) mass is 380 g/mol. The summed E-state index contributed by atoms with van der Waals surface area (Å²) < 4.78 is 11.0. The standard InChI is InChI=1S/C22H24N2O4/c1-13(2)23-22(26)18-11-17(9-8-14(18)3)24-21(25)16-10-15-6-5-7-19(27-4)20(15)28-12-16/h5-11,13H,12H2,1-4H3,(H,23,26)(H,24,25). The van der Waals surface area contributed by atoms with Gasteiger partial charge in [0.05, 0.1) is 12.7 Å². The average Bonchev–Trinajstić information content (AvgIpc) is 2.67. The highest BCUT2D eigenvalue weighted by Crippen LogP contribution is 2.35. The summed E-state index contributed by atoms with van der Waals surface area (Å²) in [5.74, 6) is 0.828. The van der Waals surface area contributed by atoms with Crippen LogP contribution in [-0.4, -0.2) is 31.6 Å². The van der Waals surface area contributed by atoms with E-state index in [1.165, 1.54) is 0 Å². The summed E-state index contributed by atoms with van der Waals surface area (Å²) in [5, 5.41) is 5.72. The van der Waals surface area contributed by atoms with Crippen molar-refractivity contribution in [3.05, 3.63) is 58.7 Å². The number of ether oxygens (including phenoxy) is 2. The smallest absolute Gasteiger partial charge is 0.255 e. The van der Waals surface area contributed by atoms with E-state index in [4.69, 9.17) is 9.47 Å². The SMILES string of the molecule is COc1cccc2c1OCC(C(=O)Nc1ccc(C)c(C(=O)NC(C)C)c1)=C2. The molecule has 2 aromatic rings.